The van der Waals surface area contributed by atoms with Crippen molar-refractivity contribution < 1.29 is 23.9 Å². The van der Waals surface area contributed by atoms with Crippen molar-refractivity contribution in [2.24, 2.45) is 11.5 Å². The largest absolute Gasteiger partial charge is 0.477 e. The number of carboxylic acids is 1. The Morgan fingerprint density at radius 2 is 1.65 bits per heavy atom. The SMILES string of the molecule is Cc1[nH]c2c(F)ccc(C)c2c1C(C(N)=O)c1c(C(=O)O)[nH]c2ccc(-c3cccc(C(N)=O)c3)cc12. The number of halogens is 1. The zero-order chi connectivity index (χ0) is 26.6. The van der Waals surface area contributed by atoms with E-state index in [1.807, 2.05) is 0 Å². The van der Waals surface area contributed by atoms with Crippen LogP contribution < -0.4 is 11.5 Å². The number of aromatic carboxylic acids is 1. The Kier molecular flexibility index (Phi) is 5.55. The minimum Gasteiger partial charge on any atom is -0.477 e. The third kappa shape index (κ3) is 3.81. The van der Waals surface area contributed by atoms with Crippen molar-refractivity contribution in [3.63, 3.8) is 0 Å². The first-order valence-electron chi connectivity index (χ1n) is 11.4. The van der Waals surface area contributed by atoms with Crippen LogP contribution in [0.3, 0.4) is 0 Å². The van der Waals surface area contributed by atoms with E-state index >= 15 is 0 Å². The van der Waals surface area contributed by atoms with Gasteiger partial charge in [-0.3, -0.25) is 9.59 Å². The van der Waals surface area contributed by atoms with Gasteiger partial charge in [0.25, 0.3) is 0 Å². The summed E-state index contributed by atoms with van der Waals surface area (Å²) in [6.45, 7) is 3.48. The van der Waals surface area contributed by atoms with Crippen LogP contribution in [0.15, 0.2) is 54.6 Å². The van der Waals surface area contributed by atoms with Crippen molar-refractivity contribution in [1.82, 2.24) is 9.97 Å². The number of fused-ring (bicyclic) bond motifs is 2. The summed E-state index contributed by atoms with van der Waals surface area (Å²) in [5.74, 6) is -4.31. The number of H-pyrrole nitrogens is 2. The molecule has 2 heterocycles. The molecule has 5 aromatic rings. The van der Waals surface area contributed by atoms with E-state index in [1.54, 1.807) is 62.4 Å². The van der Waals surface area contributed by atoms with Crippen molar-refractivity contribution in [2.45, 2.75) is 19.8 Å². The number of amides is 2. The highest BCUT2D eigenvalue weighted by Gasteiger charge is 2.33. The van der Waals surface area contributed by atoms with Crippen LogP contribution in [-0.4, -0.2) is 32.9 Å². The molecule has 0 fully saturated rings. The minimum absolute atomic E-state index is 0.176. The fourth-order valence-electron chi connectivity index (χ4n) is 5.10. The second-order valence-corrected chi connectivity index (χ2v) is 9.04. The number of carbonyl (C=O) groups excluding carboxylic acids is 2. The Labute approximate surface area is 210 Å². The average molecular weight is 499 g/mol. The third-order valence-corrected chi connectivity index (χ3v) is 6.74. The van der Waals surface area contributed by atoms with Crippen molar-refractivity contribution in [3.8, 4) is 11.1 Å². The van der Waals surface area contributed by atoms with Crippen LogP contribution in [0, 0.1) is 19.7 Å². The summed E-state index contributed by atoms with van der Waals surface area (Å²) in [7, 11) is 0. The van der Waals surface area contributed by atoms with Gasteiger partial charge >= 0.3 is 5.97 Å². The van der Waals surface area contributed by atoms with Gasteiger partial charge in [0.2, 0.25) is 11.8 Å². The molecule has 7 N–H and O–H groups in total. The van der Waals surface area contributed by atoms with Gasteiger partial charge in [0.1, 0.15) is 11.5 Å². The van der Waals surface area contributed by atoms with Gasteiger partial charge in [-0.05, 0) is 66.4 Å². The van der Waals surface area contributed by atoms with Crippen LogP contribution in [-0.2, 0) is 4.79 Å². The second-order valence-electron chi connectivity index (χ2n) is 9.04. The molecule has 2 aromatic heterocycles. The zero-order valence-corrected chi connectivity index (χ0v) is 20.0. The number of aromatic amines is 2. The number of carbonyl (C=O) groups is 3. The van der Waals surface area contributed by atoms with Gasteiger partial charge in [-0.1, -0.05) is 24.3 Å². The molecular weight excluding hydrogens is 475 g/mol. The maximum absolute atomic E-state index is 14.7. The summed E-state index contributed by atoms with van der Waals surface area (Å²) in [6, 6.07) is 14.8. The van der Waals surface area contributed by atoms with Gasteiger partial charge in [0.05, 0.1) is 11.4 Å². The van der Waals surface area contributed by atoms with Crippen molar-refractivity contribution >= 4 is 39.6 Å². The Balaban J connectivity index is 1.83. The lowest BCUT2D eigenvalue weighted by Crippen LogP contribution is -2.24. The zero-order valence-electron chi connectivity index (χ0n) is 20.0. The molecule has 3 aromatic carbocycles. The Morgan fingerprint density at radius 3 is 2.32 bits per heavy atom. The summed E-state index contributed by atoms with van der Waals surface area (Å²) >= 11 is 0. The van der Waals surface area contributed by atoms with E-state index in [9.17, 15) is 23.9 Å². The Hall–Kier alpha value is -4.92. The number of primary amides is 2. The predicted octanol–water partition coefficient (Wildman–Crippen LogP) is 4.49. The molecule has 2 amide bonds. The highest BCUT2D eigenvalue weighted by Crippen LogP contribution is 2.41. The van der Waals surface area contributed by atoms with E-state index in [2.05, 4.69) is 9.97 Å². The van der Waals surface area contributed by atoms with Gasteiger partial charge in [-0.15, -0.1) is 0 Å². The average Bonchev–Trinajstić information content (AvgIpc) is 3.41. The van der Waals surface area contributed by atoms with Gasteiger partial charge < -0.3 is 26.5 Å². The normalized spacial score (nSPS) is 12.2. The molecule has 1 atom stereocenters. The molecule has 186 valence electrons. The van der Waals surface area contributed by atoms with Crippen molar-refractivity contribution in [3.05, 3.63) is 94.1 Å². The number of nitrogens with one attached hydrogen (secondary N) is 2. The number of nitrogens with two attached hydrogens (primary N) is 2. The second kappa shape index (κ2) is 8.63. The van der Waals surface area contributed by atoms with E-state index in [0.717, 1.165) is 0 Å². The Morgan fingerprint density at radius 1 is 0.919 bits per heavy atom. The standard InChI is InChI=1S/C28H23FN4O4/c1-12-6-8-18(29)24-20(12)21(13(2)32-24)23(27(31)35)22-17-11-15(7-9-19(17)33-25(22)28(36)37)14-4-3-5-16(10-14)26(30)34/h3-11,23,32-33H,1-2H3,(H2,30,34)(H2,31,35)(H,36,37). The van der Waals surface area contributed by atoms with Gasteiger partial charge in [-0.25, -0.2) is 9.18 Å². The summed E-state index contributed by atoms with van der Waals surface area (Å²) in [4.78, 5) is 43.0. The molecule has 0 spiro atoms. The summed E-state index contributed by atoms with van der Waals surface area (Å²) < 4.78 is 14.7. The number of carboxylic acid groups (broad SMARTS) is 1. The van der Waals surface area contributed by atoms with Crippen LogP contribution in [0.1, 0.15) is 49.1 Å². The number of hydrogen-bond acceptors (Lipinski definition) is 3. The number of aryl methyl sites for hydroxylation is 2. The van der Waals surface area contributed by atoms with Gasteiger partial charge in [0.15, 0.2) is 0 Å². The first-order chi connectivity index (χ1) is 17.6. The lowest BCUT2D eigenvalue weighted by atomic mass is 9.85. The lowest BCUT2D eigenvalue weighted by molar-refractivity contribution is -0.118. The molecule has 9 heteroatoms. The molecular formula is C28H23FN4O4. The van der Waals surface area contributed by atoms with Crippen LogP contribution in [0.2, 0.25) is 0 Å². The number of rotatable bonds is 6. The van der Waals surface area contributed by atoms with Crippen LogP contribution in [0.25, 0.3) is 32.9 Å². The highest BCUT2D eigenvalue weighted by molar-refractivity contribution is 6.06. The van der Waals surface area contributed by atoms with Gasteiger partial charge in [0, 0.05) is 33.1 Å². The van der Waals surface area contributed by atoms with E-state index in [0.29, 0.717) is 49.8 Å². The van der Waals surface area contributed by atoms with Crippen LogP contribution in [0.4, 0.5) is 4.39 Å². The fraction of sp³-hybridized carbons (Fsp3) is 0.107. The molecule has 8 nitrogen and oxygen atoms in total. The number of benzene rings is 3. The molecule has 0 bridgehead atoms. The smallest absolute Gasteiger partial charge is 0.352 e. The molecule has 37 heavy (non-hydrogen) atoms. The van der Waals surface area contributed by atoms with Crippen LogP contribution in [0.5, 0.6) is 0 Å². The first kappa shape index (κ1) is 23.8. The van der Waals surface area contributed by atoms with E-state index in [-0.39, 0.29) is 16.8 Å². The molecule has 0 saturated heterocycles. The predicted molar refractivity (Wildman–Crippen MR) is 138 cm³/mol. The molecule has 0 aliphatic carbocycles. The summed E-state index contributed by atoms with van der Waals surface area (Å²) in [5, 5.41) is 11.0. The van der Waals surface area contributed by atoms with E-state index < -0.39 is 29.5 Å². The number of hydrogen-bond donors (Lipinski definition) is 5. The maximum atomic E-state index is 14.7. The van der Waals surface area contributed by atoms with Crippen LogP contribution >= 0.6 is 0 Å². The quantitative estimate of drug-likeness (QED) is 0.234. The third-order valence-electron chi connectivity index (χ3n) is 6.74. The first-order valence-corrected chi connectivity index (χ1v) is 11.4. The summed E-state index contributed by atoms with van der Waals surface area (Å²) in [6.07, 6.45) is 0. The molecule has 0 radical (unpaired) electrons. The van der Waals surface area contributed by atoms with Gasteiger partial charge in [-0.2, -0.15) is 0 Å². The molecule has 0 aliphatic heterocycles. The Bertz CT molecular complexity index is 1770. The van der Waals surface area contributed by atoms with E-state index in [1.165, 1.54) is 6.07 Å². The lowest BCUT2D eigenvalue weighted by Gasteiger charge is -2.17. The fourth-order valence-corrected chi connectivity index (χ4v) is 5.10. The maximum Gasteiger partial charge on any atom is 0.352 e. The van der Waals surface area contributed by atoms with Crippen molar-refractivity contribution in [1.29, 1.82) is 0 Å². The highest BCUT2D eigenvalue weighted by atomic mass is 19.1. The topological polar surface area (TPSA) is 155 Å². The van der Waals surface area contributed by atoms with Crippen molar-refractivity contribution in [2.75, 3.05) is 0 Å². The summed E-state index contributed by atoms with van der Waals surface area (Å²) in [5.41, 5.74) is 15.4. The number of aromatic nitrogens is 2. The molecule has 0 aliphatic rings. The minimum atomic E-state index is -1.27. The molecule has 1 unspecified atom stereocenters. The van der Waals surface area contributed by atoms with E-state index in [4.69, 9.17) is 11.5 Å². The molecule has 0 saturated carbocycles. The molecule has 5 rings (SSSR count). The monoisotopic (exact) mass is 498 g/mol.